The summed E-state index contributed by atoms with van der Waals surface area (Å²) in [4.78, 5) is 12.5. The average molecular weight is 230 g/mol. The van der Waals surface area contributed by atoms with Crippen LogP contribution in [0.2, 0.25) is 0 Å². The summed E-state index contributed by atoms with van der Waals surface area (Å²) in [6.45, 7) is 2.06. The Balaban J connectivity index is 2.03. The van der Waals surface area contributed by atoms with E-state index < -0.39 is 0 Å². The van der Waals surface area contributed by atoms with Gasteiger partial charge < -0.3 is 0 Å². The summed E-state index contributed by atoms with van der Waals surface area (Å²) < 4.78 is 0. The number of carbonyl (C=O) groups excluding carboxylic acids is 1. The third kappa shape index (κ3) is 3.18. The van der Waals surface area contributed by atoms with Crippen LogP contribution in [0.25, 0.3) is 0 Å². The summed E-state index contributed by atoms with van der Waals surface area (Å²) in [7, 11) is 0. The topological polar surface area (TPSA) is 17.1 Å². The van der Waals surface area contributed by atoms with Crippen molar-refractivity contribution >= 4 is 5.78 Å². The molecule has 1 aromatic rings. The van der Waals surface area contributed by atoms with Gasteiger partial charge in [0, 0.05) is 11.8 Å². The molecule has 0 radical (unpaired) electrons. The zero-order valence-electron chi connectivity index (χ0n) is 10.7. The van der Waals surface area contributed by atoms with E-state index in [2.05, 4.69) is 19.1 Å². The maximum atomic E-state index is 12.5. The van der Waals surface area contributed by atoms with Crippen LogP contribution in [0, 0.1) is 5.92 Å². The minimum absolute atomic E-state index is 0.0688. The standard InChI is InChI=1S/C16H22O/c1-13(14-9-7-4-8-10-14)16(17)15-11-5-2-3-6-12-15/h4,7-10,13,15H,2-3,5-6,11-12H2,1H3. The van der Waals surface area contributed by atoms with Crippen molar-refractivity contribution in [3.05, 3.63) is 35.9 Å². The Bertz CT molecular complexity index is 347. The number of ketones is 1. The van der Waals surface area contributed by atoms with Gasteiger partial charge in [0.25, 0.3) is 0 Å². The Hall–Kier alpha value is -1.11. The molecule has 92 valence electrons. The Morgan fingerprint density at radius 3 is 2.24 bits per heavy atom. The molecule has 0 aromatic heterocycles. The molecule has 1 saturated carbocycles. The Labute approximate surface area is 104 Å². The fraction of sp³-hybridized carbons (Fsp3) is 0.562. The lowest BCUT2D eigenvalue weighted by atomic mass is 9.85. The van der Waals surface area contributed by atoms with Crippen molar-refractivity contribution in [1.29, 1.82) is 0 Å². The molecule has 0 N–H and O–H groups in total. The lowest BCUT2D eigenvalue weighted by Gasteiger charge is -2.18. The molecule has 17 heavy (non-hydrogen) atoms. The minimum atomic E-state index is 0.0688. The molecule has 1 aliphatic rings. The number of hydrogen-bond donors (Lipinski definition) is 0. The molecule has 1 aliphatic carbocycles. The quantitative estimate of drug-likeness (QED) is 0.706. The molecule has 1 atom stereocenters. The van der Waals surface area contributed by atoms with Crippen LogP contribution in [-0.4, -0.2) is 5.78 Å². The molecule has 0 heterocycles. The predicted octanol–water partition coefficient (Wildman–Crippen LogP) is 4.33. The maximum absolute atomic E-state index is 12.5. The van der Waals surface area contributed by atoms with E-state index in [4.69, 9.17) is 0 Å². The fourth-order valence-electron chi connectivity index (χ4n) is 2.82. The van der Waals surface area contributed by atoms with E-state index in [1.165, 1.54) is 31.2 Å². The van der Waals surface area contributed by atoms with Crippen LogP contribution in [0.5, 0.6) is 0 Å². The van der Waals surface area contributed by atoms with Gasteiger partial charge in [0.2, 0.25) is 0 Å². The van der Waals surface area contributed by atoms with E-state index in [0.29, 0.717) is 11.7 Å². The second kappa shape index (κ2) is 6.00. The number of rotatable bonds is 3. The number of hydrogen-bond acceptors (Lipinski definition) is 1. The molecular weight excluding hydrogens is 208 g/mol. The third-order valence-electron chi connectivity index (χ3n) is 3.98. The van der Waals surface area contributed by atoms with Crippen LogP contribution >= 0.6 is 0 Å². The Kier molecular flexibility index (Phi) is 4.36. The van der Waals surface area contributed by atoms with E-state index in [1.54, 1.807) is 0 Å². The van der Waals surface area contributed by atoms with Crippen LogP contribution < -0.4 is 0 Å². The first-order valence-corrected chi connectivity index (χ1v) is 6.87. The summed E-state index contributed by atoms with van der Waals surface area (Å²) >= 11 is 0. The van der Waals surface area contributed by atoms with Crippen molar-refractivity contribution in [2.75, 3.05) is 0 Å². The Morgan fingerprint density at radius 1 is 1.06 bits per heavy atom. The fourth-order valence-corrected chi connectivity index (χ4v) is 2.82. The molecular formula is C16H22O. The lowest BCUT2D eigenvalue weighted by Crippen LogP contribution is -2.20. The summed E-state index contributed by atoms with van der Waals surface area (Å²) in [6, 6.07) is 10.2. The molecule has 1 aromatic carbocycles. The van der Waals surface area contributed by atoms with E-state index in [0.717, 1.165) is 12.8 Å². The van der Waals surface area contributed by atoms with Gasteiger partial charge in [-0.1, -0.05) is 62.9 Å². The zero-order valence-corrected chi connectivity index (χ0v) is 10.7. The summed E-state index contributed by atoms with van der Waals surface area (Å²) in [6.07, 6.45) is 7.30. The van der Waals surface area contributed by atoms with Crippen LogP contribution in [0.3, 0.4) is 0 Å². The highest BCUT2D eigenvalue weighted by molar-refractivity contribution is 5.87. The van der Waals surface area contributed by atoms with E-state index >= 15 is 0 Å². The molecule has 0 aliphatic heterocycles. The highest BCUT2D eigenvalue weighted by atomic mass is 16.1. The molecule has 1 fully saturated rings. The first-order chi connectivity index (χ1) is 8.29. The maximum Gasteiger partial charge on any atom is 0.143 e. The van der Waals surface area contributed by atoms with Crippen LogP contribution in [0.4, 0.5) is 0 Å². The van der Waals surface area contributed by atoms with Gasteiger partial charge in [0.1, 0.15) is 5.78 Å². The van der Waals surface area contributed by atoms with E-state index in [-0.39, 0.29) is 5.92 Å². The smallest absolute Gasteiger partial charge is 0.143 e. The highest BCUT2D eigenvalue weighted by Crippen LogP contribution is 2.29. The molecule has 1 heteroatoms. The molecule has 0 amide bonds. The first kappa shape index (κ1) is 12.3. The zero-order chi connectivity index (χ0) is 12.1. The van der Waals surface area contributed by atoms with E-state index in [1.807, 2.05) is 18.2 Å². The van der Waals surface area contributed by atoms with Crippen molar-refractivity contribution in [2.24, 2.45) is 5.92 Å². The second-order valence-electron chi connectivity index (χ2n) is 5.22. The number of Topliss-reactive ketones (excluding diaryl/α,β-unsaturated/α-hetero) is 1. The van der Waals surface area contributed by atoms with Gasteiger partial charge in [-0.25, -0.2) is 0 Å². The van der Waals surface area contributed by atoms with Crippen molar-refractivity contribution in [2.45, 2.75) is 51.4 Å². The molecule has 0 bridgehead atoms. The first-order valence-electron chi connectivity index (χ1n) is 6.87. The molecule has 0 saturated heterocycles. The monoisotopic (exact) mass is 230 g/mol. The van der Waals surface area contributed by atoms with Crippen LogP contribution in [0.15, 0.2) is 30.3 Å². The predicted molar refractivity (Wildman–Crippen MR) is 71.1 cm³/mol. The van der Waals surface area contributed by atoms with Crippen molar-refractivity contribution in [1.82, 2.24) is 0 Å². The normalized spacial score (nSPS) is 19.6. The van der Waals surface area contributed by atoms with Gasteiger partial charge in [0.15, 0.2) is 0 Å². The summed E-state index contributed by atoms with van der Waals surface area (Å²) in [5.41, 5.74) is 1.17. The van der Waals surface area contributed by atoms with E-state index in [9.17, 15) is 4.79 Å². The number of benzene rings is 1. The van der Waals surface area contributed by atoms with Crippen molar-refractivity contribution in [3.8, 4) is 0 Å². The highest BCUT2D eigenvalue weighted by Gasteiger charge is 2.25. The van der Waals surface area contributed by atoms with Crippen LogP contribution in [-0.2, 0) is 4.79 Å². The van der Waals surface area contributed by atoms with Gasteiger partial charge in [0.05, 0.1) is 0 Å². The van der Waals surface area contributed by atoms with Gasteiger partial charge in [-0.15, -0.1) is 0 Å². The molecule has 1 nitrogen and oxygen atoms in total. The summed E-state index contributed by atoms with van der Waals surface area (Å²) in [5, 5.41) is 0. The van der Waals surface area contributed by atoms with Crippen molar-refractivity contribution in [3.63, 3.8) is 0 Å². The Morgan fingerprint density at radius 2 is 1.65 bits per heavy atom. The average Bonchev–Trinajstić information content (AvgIpc) is 2.67. The lowest BCUT2D eigenvalue weighted by molar-refractivity contribution is -0.124. The SMILES string of the molecule is CC(C(=O)C1CCCCCC1)c1ccccc1. The largest absolute Gasteiger partial charge is 0.299 e. The second-order valence-corrected chi connectivity index (χ2v) is 5.22. The third-order valence-corrected chi connectivity index (χ3v) is 3.98. The number of carbonyl (C=O) groups is 1. The summed E-state index contributed by atoms with van der Waals surface area (Å²) in [5.74, 6) is 0.838. The minimum Gasteiger partial charge on any atom is -0.299 e. The van der Waals surface area contributed by atoms with Gasteiger partial charge in [-0.2, -0.15) is 0 Å². The van der Waals surface area contributed by atoms with Gasteiger partial charge >= 0.3 is 0 Å². The van der Waals surface area contributed by atoms with Gasteiger partial charge in [-0.05, 0) is 18.4 Å². The molecule has 2 rings (SSSR count). The molecule has 1 unspecified atom stereocenters. The molecule has 0 spiro atoms. The van der Waals surface area contributed by atoms with Crippen molar-refractivity contribution < 1.29 is 4.79 Å². The van der Waals surface area contributed by atoms with Gasteiger partial charge in [-0.3, -0.25) is 4.79 Å². The van der Waals surface area contributed by atoms with Crippen LogP contribution in [0.1, 0.15) is 56.9 Å².